The lowest BCUT2D eigenvalue weighted by atomic mass is 10.1. The van der Waals surface area contributed by atoms with Gasteiger partial charge in [0.05, 0.1) is 5.02 Å². The van der Waals surface area contributed by atoms with Crippen molar-refractivity contribution < 1.29 is 0 Å². The van der Waals surface area contributed by atoms with E-state index in [9.17, 15) is 0 Å². The minimum Gasteiger partial charge on any atom is -0.237 e. The molecule has 0 radical (unpaired) electrons. The summed E-state index contributed by atoms with van der Waals surface area (Å²) in [6.45, 7) is 4.36. The summed E-state index contributed by atoms with van der Waals surface area (Å²) in [4.78, 5) is 8.70. The average Bonchev–Trinajstić information content (AvgIpc) is 2.17. The van der Waals surface area contributed by atoms with Crippen LogP contribution in [0.5, 0.6) is 0 Å². The summed E-state index contributed by atoms with van der Waals surface area (Å²) in [5.41, 5.74) is 1.81. The molecule has 0 unspecified atom stereocenters. The van der Waals surface area contributed by atoms with Crippen LogP contribution in [-0.2, 0) is 6.42 Å². The average molecular weight is 221 g/mol. The van der Waals surface area contributed by atoms with Gasteiger partial charge in [-0.3, -0.25) is 0 Å². The highest BCUT2D eigenvalue weighted by Gasteiger charge is 2.04. The summed E-state index contributed by atoms with van der Waals surface area (Å²) in [6, 6.07) is 5.80. The Morgan fingerprint density at radius 1 is 1.27 bits per heavy atom. The van der Waals surface area contributed by atoms with Crippen molar-refractivity contribution in [2.24, 2.45) is 5.92 Å². The molecule has 0 aliphatic rings. The van der Waals surface area contributed by atoms with Crippen molar-refractivity contribution >= 4 is 22.6 Å². The van der Waals surface area contributed by atoms with Crippen molar-refractivity contribution in [2.75, 3.05) is 0 Å². The highest BCUT2D eigenvalue weighted by Crippen LogP contribution is 2.20. The van der Waals surface area contributed by atoms with E-state index in [-0.39, 0.29) is 0 Å². The van der Waals surface area contributed by atoms with Crippen molar-refractivity contribution in [1.29, 1.82) is 0 Å². The third kappa shape index (κ3) is 2.26. The molecule has 0 N–H and O–H groups in total. The second-order valence-electron chi connectivity index (χ2n) is 4.06. The van der Waals surface area contributed by atoms with E-state index in [2.05, 4.69) is 23.8 Å². The fraction of sp³-hybridized carbons (Fsp3) is 0.333. The number of pyridine rings is 2. The molecule has 2 rings (SSSR count). The van der Waals surface area contributed by atoms with Gasteiger partial charge in [-0.1, -0.05) is 25.4 Å². The first kappa shape index (κ1) is 10.4. The van der Waals surface area contributed by atoms with Gasteiger partial charge in [0.1, 0.15) is 0 Å². The van der Waals surface area contributed by atoms with Crippen molar-refractivity contribution in [3.05, 3.63) is 35.1 Å². The summed E-state index contributed by atoms with van der Waals surface area (Å²) < 4.78 is 0. The zero-order chi connectivity index (χ0) is 10.8. The van der Waals surface area contributed by atoms with Crippen LogP contribution in [0.15, 0.2) is 24.4 Å². The Morgan fingerprint density at radius 3 is 2.80 bits per heavy atom. The maximum atomic E-state index is 6.04. The lowest BCUT2D eigenvalue weighted by Crippen LogP contribution is -1.98. The molecule has 0 spiro atoms. The number of fused-ring (bicyclic) bond motifs is 1. The number of halogens is 1. The van der Waals surface area contributed by atoms with Crippen LogP contribution in [-0.4, -0.2) is 9.97 Å². The minimum atomic E-state index is 0.606. The van der Waals surface area contributed by atoms with E-state index in [1.165, 1.54) is 0 Å². The summed E-state index contributed by atoms with van der Waals surface area (Å²) in [7, 11) is 0. The summed E-state index contributed by atoms with van der Waals surface area (Å²) in [6.07, 6.45) is 2.67. The molecule has 0 saturated carbocycles. The Hall–Kier alpha value is -1.15. The number of hydrogen-bond acceptors (Lipinski definition) is 2. The maximum absolute atomic E-state index is 6.04. The second kappa shape index (κ2) is 4.15. The Morgan fingerprint density at radius 2 is 2.07 bits per heavy atom. The molecule has 0 aliphatic heterocycles. The molecule has 0 aromatic carbocycles. The molecule has 15 heavy (non-hydrogen) atoms. The van der Waals surface area contributed by atoms with Crippen LogP contribution in [0.1, 0.15) is 19.5 Å². The minimum absolute atomic E-state index is 0.606. The predicted octanol–water partition coefficient (Wildman–Crippen LogP) is 3.48. The van der Waals surface area contributed by atoms with Crippen LogP contribution in [0.3, 0.4) is 0 Å². The lowest BCUT2D eigenvalue weighted by molar-refractivity contribution is 0.636. The van der Waals surface area contributed by atoms with Gasteiger partial charge in [0.2, 0.25) is 0 Å². The Bertz CT molecular complexity index is 480. The highest BCUT2D eigenvalue weighted by molar-refractivity contribution is 6.35. The molecular formula is C12H13ClN2. The molecule has 2 nitrogen and oxygen atoms in total. The Balaban J connectivity index is 2.48. The van der Waals surface area contributed by atoms with Crippen molar-refractivity contribution in [3.63, 3.8) is 0 Å². The highest BCUT2D eigenvalue weighted by atomic mass is 35.5. The molecule has 0 aliphatic carbocycles. The van der Waals surface area contributed by atoms with Gasteiger partial charge in [0, 0.05) is 17.3 Å². The first-order valence-corrected chi connectivity index (χ1v) is 5.45. The lowest BCUT2D eigenvalue weighted by Gasteiger charge is -2.05. The van der Waals surface area contributed by atoms with Crippen molar-refractivity contribution in [3.8, 4) is 0 Å². The molecule has 78 valence electrons. The number of rotatable bonds is 2. The Kier molecular flexibility index (Phi) is 2.87. The molecule has 2 heterocycles. The summed E-state index contributed by atoms with van der Waals surface area (Å²) >= 11 is 6.04. The first-order chi connectivity index (χ1) is 7.16. The van der Waals surface area contributed by atoms with E-state index in [1.807, 2.05) is 12.1 Å². The van der Waals surface area contributed by atoms with Crippen LogP contribution in [0.25, 0.3) is 11.0 Å². The predicted molar refractivity (Wildman–Crippen MR) is 63.1 cm³/mol. The molecule has 0 saturated heterocycles. The second-order valence-corrected chi connectivity index (χ2v) is 4.47. The third-order valence-electron chi connectivity index (χ3n) is 2.23. The van der Waals surface area contributed by atoms with Crippen LogP contribution in [0.2, 0.25) is 5.02 Å². The van der Waals surface area contributed by atoms with E-state index < -0.39 is 0 Å². The third-order valence-corrected chi connectivity index (χ3v) is 2.55. The quantitative estimate of drug-likeness (QED) is 0.775. The monoisotopic (exact) mass is 220 g/mol. The molecule has 2 aromatic rings. The number of nitrogens with zero attached hydrogens (tertiary/aromatic N) is 2. The smallest absolute Gasteiger partial charge is 0.160 e. The van der Waals surface area contributed by atoms with Crippen LogP contribution in [0.4, 0.5) is 0 Å². The van der Waals surface area contributed by atoms with Gasteiger partial charge in [0.25, 0.3) is 0 Å². The van der Waals surface area contributed by atoms with Gasteiger partial charge in [-0.25, -0.2) is 9.97 Å². The van der Waals surface area contributed by atoms with E-state index in [1.54, 1.807) is 12.3 Å². The normalized spacial score (nSPS) is 11.2. The molecule has 0 bridgehead atoms. The SMILES string of the molecule is CC(C)Cc1ccc2c(Cl)ccnc2n1. The first-order valence-electron chi connectivity index (χ1n) is 5.07. The van der Waals surface area contributed by atoms with E-state index in [0.29, 0.717) is 10.9 Å². The standard InChI is InChI=1S/C12H13ClN2/c1-8(2)7-9-3-4-10-11(13)5-6-14-12(10)15-9/h3-6,8H,7H2,1-2H3. The molecule has 0 atom stereocenters. The van der Waals surface area contributed by atoms with Crippen molar-refractivity contribution in [2.45, 2.75) is 20.3 Å². The van der Waals surface area contributed by atoms with Gasteiger partial charge >= 0.3 is 0 Å². The molecule has 0 fully saturated rings. The largest absolute Gasteiger partial charge is 0.237 e. The fourth-order valence-corrected chi connectivity index (χ4v) is 1.77. The zero-order valence-electron chi connectivity index (χ0n) is 8.87. The number of aromatic nitrogens is 2. The van der Waals surface area contributed by atoms with Crippen LogP contribution in [0, 0.1) is 5.92 Å². The number of hydrogen-bond donors (Lipinski definition) is 0. The summed E-state index contributed by atoms with van der Waals surface area (Å²) in [5.74, 6) is 0.606. The van der Waals surface area contributed by atoms with Gasteiger partial charge in [0.15, 0.2) is 5.65 Å². The van der Waals surface area contributed by atoms with Gasteiger partial charge in [-0.05, 0) is 30.5 Å². The molecule has 3 heteroatoms. The van der Waals surface area contributed by atoms with Crippen molar-refractivity contribution in [1.82, 2.24) is 9.97 Å². The van der Waals surface area contributed by atoms with Gasteiger partial charge in [-0.2, -0.15) is 0 Å². The summed E-state index contributed by atoms with van der Waals surface area (Å²) in [5, 5.41) is 1.63. The van der Waals surface area contributed by atoms with Crippen LogP contribution >= 0.6 is 11.6 Å². The fourth-order valence-electron chi connectivity index (χ4n) is 1.57. The maximum Gasteiger partial charge on any atom is 0.160 e. The zero-order valence-corrected chi connectivity index (χ0v) is 9.62. The molecular weight excluding hydrogens is 208 g/mol. The Labute approximate surface area is 94.3 Å². The molecule has 0 amide bonds. The van der Waals surface area contributed by atoms with Crippen LogP contribution < -0.4 is 0 Å². The van der Waals surface area contributed by atoms with E-state index in [4.69, 9.17) is 11.6 Å². The van der Waals surface area contributed by atoms with E-state index in [0.717, 1.165) is 23.1 Å². The van der Waals surface area contributed by atoms with Gasteiger partial charge in [-0.15, -0.1) is 0 Å². The van der Waals surface area contributed by atoms with E-state index >= 15 is 0 Å². The molecule has 2 aromatic heterocycles. The van der Waals surface area contributed by atoms with Gasteiger partial charge < -0.3 is 0 Å². The topological polar surface area (TPSA) is 25.8 Å².